The molecule has 1 unspecified atom stereocenters. The number of carbonyl (C=O) groups excluding carboxylic acids is 2. The van der Waals surface area contributed by atoms with Crippen LogP contribution >= 0.6 is 0 Å². The summed E-state index contributed by atoms with van der Waals surface area (Å²) in [5.74, 6) is -0.602. The van der Waals surface area contributed by atoms with Gasteiger partial charge in [0.1, 0.15) is 11.3 Å². The third-order valence-electron chi connectivity index (χ3n) is 7.27. The standard InChI is InChI=1S/C31H35N5O5/c1-5-17-41-23-11-10-22(18-24(23)40-6-2)27-25(28(37)26-21(4)35-14-7-9-20(3)30(35)33-26)29(38)31(39)36(27)15-8-13-34-16-12-32-19-34/h7,9-12,14,16,18-19,27,37H,5-6,8,13,15,17H2,1-4H3/b28-25+. The Labute approximate surface area is 238 Å². The number of Topliss-reactive ketones (excluding diaryl/α,β-unsaturated/α-hetero) is 1. The Morgan fingerprint density at radius 3 is 2.59 bits per heavy atom. The number of rotatable bonds is 11. The molecule has 1 saturated heterocycles. The molecular formula is C31H35N5O5. The first-order valence-corrected chi connectivity index (χ1v) is 13.9. The Balaban J connectivity index is 1.62. The molecule has 0 saturated carbocycles. The van der Waals surface area contributed by atoms with Gasteiger partial charge >= 0.3 is 0 Å². The van der Waals surface area contributed by atoms with E-state index in [0.717, 1.165) is 12.0 Å². The minimum atomic E-state index is -0.831. The van der Waals surface area contributed by atoms with Gasteiger partial charge in [-0.15, -0.1) is 0 Å². The van der Waals surface area contributed by atoms with Crippen LogP contribution in [0.4, 0.5) is 0 Å². The number of aromatic nitrogens is 4. The van der Waals surface area contributed by atoms with E-state index in [4.69, 9.17) is 9.47 Å². The van der Waals surface area contributed by atoms with Crippen molar-refractivity contribution in [3.63, 3.8) is 0 Å². The lowest BCUT2D eigenvalue weighted by Gasteiger charge is -2.26. The number of pyridine rings is 1. The summed E-state index contributed by atoms with van der Waals surface area (Å²) >= 11 is 0. The molecule has 1 fully saturated rings. The zero-order chi connectivity index (χ0) is 29.1. The van der Waals surface area contributed by atoms with Gasteiger partial charge in [0, 0.05) is 31.7 Å². The molecule has 0 spiro atoms. The number of aliphatic hydroxyl groups excluding tert-OH is 1. The Hall–Kier alpha value is -4.60. The van der Waals surface area contributed by atoms with Gasteiger partial charge in [0.25, 0.3) is 11.7 Å². The third kappa shape index (κ3) is 5.29. The van der Waals surface area contributed by atoms with Crippen molar-refractivity contribution < 1.29 is 24.2 Å². The maximum Gasteiger partial charge on any atom is 0.295 e. The topological polar surface area (TPSA) is 111 Å². The van der Waals surface area contributed by atoms with Crippen LogP contribution in [0.1, 0.15) is 55.2 Å². The first-order chi connectivity index (χ1) is 19.8. The number of aliphatic hydroxyl groups is 1. The lowest BCUT2D eigenvalue weighted by molar-refractivity contribution is -0.139. The monoisotopic (exact) mass is 557 g/mol. The second-order valence-corrected chi connectivity index (χ2v) is 10.1. The average molecular weight is 558 g/mol. The average Bonchev–Trinajstić information content (AvgIpc) is 3.67. The van der Waals surface area contributed by atoms with E-state index < -0.39 is 17.7 Å². The minimum Gasteiger partial charge on any atom is -0.505 e. The van der Waals surface area contributed by atoms with Crippen LogP contribution in [-0.2, 0) is 16.1 Å². The molecule has 1 aromatic carbocycles. The summed E-state index contributed by atoms with van der Waals surface area (Å²) in [5.41, 5.74) is 3.19. The first kappa shape index (κ1) is 27.9. The number of hydrogen-bond donors (Lipinski definition) is 1. The number of nitrogens with zero attached hydrogens (tertiary/aromatic N) is 5. The smallest absolute Gasteiger partial charge is 0.295 e. The van der Waals surface area contributed by atoms with E-state index in [1.165, 1.54) is 4.90 Å². The number of aryl methyl sites for hydroxylation is 3. The van der Waals surface area contributed by atoms with Crippen LogP contribution in [0.15, 0.2) is 60.8 Å². The lowest BCUT2D eigenvalue weighted by Crippen LogP contribution is -2.31. The predicted octanol–water partition coefficient (Wildman–Crippen LogP) is 4.85. The molecule has 0 aliphatic carbocycles. The van der Waals surface area contributed by atoms with Crippen LogP contribution in [0, 0.1) is 13.8 Å². The van der Waals surface area contributed by atoms with Gasteiger partial charge in [-0.3, -0.25) is 9.59 Å². The Morgan fingerprint density at radius 1 is 1.05 bits per heavy atom. The highest BCUT2D eigenvalue weighted by Gasteiger charge is 2.46. The van der Waals surface area contributed by atoms with Crippen molar-refractivity contribution in [1.82, 2.24) is 23.8 Å². The summed E-state index contributed by atoms with van der Waals surface area (Å²) in [5, 5.41) is 11.7. The quantitative estimate of drug-likeness (QED) is 0.159. The number of carbonyl (C=O) groups is 2. The van der Waals surface area contributed by atoms with Gasteiger partial charge < -0.3 is 28.4 Å². The number of likely N-dealkylation sites (tertiary alicyclic amines) is 1. The molecule has 1 aliphatic heterocycles. The summed E-state index contributed by atoms with van der Waals surface area (Å²) in [6.45, 7) is 9.52. The minimum absolute atomic E-state index is 0.00599. The van der Waals surface area contributed by atoms with E-state index in [2.05, 4.69) is 9.97 Å². The Morgan fingerprint density at radius 2 is 1.88 bits per heavy atom. The van der Waals surface area contributed by atoms with E-state index in [1.807, 2.05) is 67.3 Å². The molecule has 1 amide bonds. The van der Waals surface area contributed by atoms with Crippen LogP contribution in [-0.4, -0.2) is 60.4 Å². The molecular weight excluding hydrogens is 522 g/mol. The molecule has 0 radical (unpaired) electrons. The number of ketones is 1. The number of amides is 1. The lowest BCUT2D eigenvalue weighted by atomic mass is 9.96. The first-order valence-electron chi connectivity index (χ1n) is 13.9. The molecule has 0 bridgehead atoms. The molecule has 3 aromatic heterocycles. The van der Waals surface area contributed by atoms with Crippen molar-refractivity contribution in [3.8, 4) is 11.5 Å². The SMILES string of the molecule is CCCOc1ccc(C2/C(=C(\O)c3nc4c(C)cccn4c3C)C(=O)C(=O)N2CCCn2ccnc2)cc1OCC. The zero-order valence-electron chi connectivity index (χ0n) is 23.8. The number of ether oxygens (including phenoxy) is 2. The fourth-order valence-corrected chi connectivity index (χ4v) is 5.27. The van der Waals surface area contributed by atoms with Crippen molar-refractivity contribution in [2.75, 3.05) is 19.8 Å². The molecule has 1 atom stereocenters. The van der Waals surface area contributed by atoms with Gasteiger partial charge in [0.2, 0.25) is 0 Å². The molecule has 10 heteroatoms. The number of fused-ring (bicyclic) bond motifs is 1. The van der Waals surface area contributed by atoms with Crippen molar-refractivity contribution in [3.05, 3.63) is 83.3 Å². The molecule has 5 rings (SSSR count). The zero-order valence-corrected chi connectivity index (χ0v) is 23.8. The molecule has 1 N–H and O–H groups in total. The molecule has 4 aromatic rings. The molecule has 4 heterocycles. The Kier molecular flexibility index (Phi) is 8.09. The second kappa shape index (κ2) is 11.9. The van der Waals surface area contributed by atoms with Gasteiger partial charge in [-0.2, -0.15) is 0 Å². The molecule has 1 aliphatic rings. The summed E-state index contributed by atoms with van der Waals surface area (Å²) in [4.78, 5) is 37.4. The highest BCUT2D eigenvalue weighted by atomic mass is 16.5. The highest BCUT2D eigenvalue weighted by Crippen LogP contribution is 2.42. The van der Waals surface area contributed by atoms with Gasteiger partial charge in [0.15, 0.2) is 17.3 Å². The highest BCUT2D eigenvalue weighted by molar-refractivity contribution is 6.46. The van der Waals surface area contributed by atoms with Gasteiger partial charge in [-0.05, 0) is 62.9 Å². The maximum absolute atomic E-state index is 13.6. The van der Waals surface area contributed by atoms with Gasteiger partial charge in [0.05, 0.1) is 36.8 Å². The van der Waals surface area contributed by atoms with Crippen LogP contribution < -0.4 is 9.47 Å². The van der Waals surface area contributed by atoms with E-state index in [9.17, 15) is 14.7 Å². The van der Waals surface area contributed by atoms with Crippen molar-refractivity contribution in [2.24, 2.45) is 0 Å². The van der Waals surface area contributed by atoms with Crippen LogP contribution in [0.2, 0.25) is 0 Å². The number of hydrogen-bond acceptors (Lipinski definition) is 7. The summed E-state index contributed by atoms with van der Waals surface area (Å²) in [7, 11) is 0. The largest absolute Gasteiger partial charge is 0.505 e. The third-order valence-corrected chi connectivity index (χ3v) is 7.27. The number of imidazole rings is 2. The number of benzene rings is 1. The summed E-state index contributed by atoms with van der Waals surface area (Å²) < 4.78 is 15.6. The summed E-state index contributed by atoms with van der Waals surface area (Å²) in [6.07, 6.45) is 8.54. The van der Waals surface area contributed by atoms with Crippen LogP contribution in [0.5, 0.6) is 11.5 Å². The van der Waals surface area contributed by atoms with E-state index >= 15 is 0 Å². The van der Waals surface area contributed by atoms with Crippen molar-refractivity contribution in [2.45, 2.75) is 53.1 Å². The second-order valence-electron chi connectivity index (χ2n) is 10.1. The normalized spacial score (nSPS) is 16.6. The maximum atomic E-state index is 13.6. The molecule has 41 heavy (non-hydrogen) atoms. The molecule has 10 nitrogen and oxygen atoms in total. The van der Waals surface area contributed by atoms with E-state index in [-0.39, 0.29) is 17.0 Å². The van der Waals surface area contributed by atoms with Crippen molar-refractivity contribution in [1.29, 1.82) is 0 Å². The van der Waals surface area contributed by atoms with Crippen molar-refractivity contribution >= 4 is 23.1 Å². The fraction of sp³-hybridized carbons (Fsp3) is 0.355. The van der Waals surface area contributed by atoms with E-state index in [0.29, 0.717) is 61.1 Å². The van der Waals surface area contributed by atoms with E-state index in [1.54, 1.807) is 24.7 Å². The Bertz CT molecular complexity index is 1600. The van der Waals surface area contributed by atoms with Gasteiger partial charge in [-0.25, -0.2) is 9.97 Å². The molecule has 214 valence electrons. The predicted molar refractivity (Wildman–Crippen MR) is 154 cm³/mol. The van der Waals surface area contributed by atoms with Crippen LogP contribution in [0.25, 0.3) is 11.4 Å². The fourth-order valence-electron chi connectivity index (χ4n) is 5.27. The van der Waals surface area contributed by atoms with Gasteiger partial charge in [-0.1, -0.05) is 19.1 Å². The summed E-state index contributed by atoms with van der Waals surface area (Å²) in [6, 6.07) is 8.41. The van der Waals surface area contributed by atoms with Crippen LogP contribution in [0.3, 0.4) is 0 Å².